The van der Waals surface area contributed by atoms with Gasteiger partial charge in [-0.15, -0.1) is 0 Å². The van der Waals surface area contributed by atoms with Crippen LogP contribution in [0, 0.1) is 0 Å². The summed E-state index contributed by atoms with van der Waals surface area (Å²) < 4.78 is 8.24. The summed E-state index contributed by atoms with van der Waals surface area (Å²) in [5, 5.41) is 0. The molecule has 0 spiro atoms. The number of fused-ring (bicyclic) bond motifs is 1. The number of carbonyl (C=O) groups excluding carboxylic acids is 1. The lowest BCUT2D eigenvalue weighted by Gasteiger charge is -2.14. The van der Waals surface area contributed by atoms with Crippen molar-refractivity contribution in [1.82, 2.24) is 14.5 Å². The number of hydrogen-bond donors (Lipinski definition) is 0. The van der Waals surface area contributed by atoms with Crippen molar-refractivity contribution in [1.29, 1.82) is 0 Å². The third kappa shape index (κ3) is 4.35. The van der Waals surface area contributed by atoms with Gasteiger partial charge in [-0.25, -0.2) is 4.98 Å². The number of likely N-dealkylation sites (N-methyl/N-ethyl adjacent to an activating group) is 1. The van der Waals surface area contributed by atoms with Gasteiger partial charge in [0.15, 0.2) is 0 Å². The SMILES string of the molecule is CC(C)c1ccc(OCCCCn2c(C3CC(=O)N(C)C3)nc3ccccc32)cc1. The second-order valence-electron chi connectivity index (χ2n) is 8.56. The molecule has 30 heavy (non-hydrogen) atoms. The fourth-order valence-electron chi connectivity index (χ4n) is 4.19. The van der Waals surface area contributed by atoms with Crippen molar-refractivity contribution in [3.63, 3.8) is 0 Å². The Balaban J connectivity index is 1.37. The molecule has 0 radical (unpaired) electrons. The molecule has 158 valence electrons. The van der Waals surface area contributed by atoms with Gasteiger partial charge < -0.3 is 14.2 Å². The first-order chi connectivity index (χ1) is 14.5. The van der Waals surface area contributed by atoms with Crippen LogP contribution in [0.25, 0.3) is 11.0 Å². The molecule has 1 aliphatic heterocycles. The van der Waals surface area contributed by atoms with Crippen molar-refractivity contribution in [3.8, 4) is 5.75 Å². The van der Waals surface area contributed by atoms with Gasteiger partial charge in [0.2, 0.25) is 5.91 Å². The molecule has 5 heteroatoms. The number of nitrogens with zero attached hydrogens (tertiary/aromatic N) is 3. The number of imidazole rings is 1. The Bertz CT molecular complexity index is 1010. The summed E-state index contributed by atoms with van der Waals surface area (Å²) in [4.78, 5) is 18.7. The van der Waals surface area contributed by atoms with Crippen molar-refractivity contribution < 1.29 is 9.53 Å². The Hall–Kier alpha value is -2.82. The molecule has 3 aromatic rings. The third-order valence-electron chi connectivity index (χ3n) is 5.98. The standard InChI is InChI=1S/C25H31N3O2/c1-18(2)19-10-12-21(13-11-19)30-15-7-6-14-28-23-9-5-4-8-22(23)26-25(28)20-16-24(29)27(3)17-20/h4-5,8-13,18,20H,6-7,14-17H2,1-3H3. The van der Waals surface area contributed by atoms with Crippen LogP contribution in [-0.4, -0.2) is 40.6 Å². The topological polar surface area (TPSA) is 47.4 Å². The molecule has 4 rings (SSSR count). The molecule has 1 aliphatic rings. The molecule has 1 aromatic heterocycles. The number of hydrogen-bond acceptors (Lipinski definition) is 3. The van der Waals surface area contributed by atoms with Gasteiger partial charge in [0.1, 0.15) is 11.6 Å². The Morgan fingerprint density at radius 1 is 1.10 bits per heavy atom. The van der Waals surface area contributed by atoms with Crippen LogP contribution in [0.4, 0.5) is 0 Å². The van der Waals surface area contributed by atoms with E-state index in [1.807, 2.05) is 18.0 Å². The predicted molar refractivity (Wildman–Crippen MR) is 120 cm³/mol. The van der Waals surface area contributed by atoms with Crippen LogP contribution in [0.5, 0.6) is 5.75 Å². The van der Waals surface area contributed by atoms with E-state index in [1.165, 1.54) is 5.56 Å². The van der Waals surface area contributed by atoms with E-state index in [2.05, 4.69) is 60.9 Å². The average molecular weight is 406 g/mol. The van der Waals surface area contributed by atoms with Gasteiger partial charge in [-0.05, 0) is 48.6 Å². The molecular formula is C25H31N3O2. The van der Waals surface area contributed by atoms with Gasteiger partial charge in [-0.2, -0.15) is 0 Å². The van der Waals surface area contributed by atoms with Crippen LogP contribution in [0.1, 0.15) is 56.3 Å². The molecule has 1 atom stereocenters. The molecule has 0 N–H and O–H groups in total. The minimum Gasteiger partial charge on any atom is -0.494 e. The smallest absolute Gasteiger partial charge is 0.223 e. The summed E-state index contributed by atoms with van der Waals surface area (Å²) in [5.41, 5.74) is 3.49. The second-order valence-corrected chi connectivity index (χ2v) is 8.56. The van der Waals surface area contributed by atoms with E-state index < -0.39 is 0 Å². The lowest BCUT2D eigenvalue weighted by atomic mass is 10.0. The van der Waals surface area contributed by atoms with E-state index >= 15 is 0 Å². The summed E-state index contributed by atoms with van der Waals surface area (Å²) >= 11 is 0. The Morgan fingerprint density at radius 2 is 1.87 bits per heavy atom. The normalized spacial score (nSPS) is 16.7. The van der Waals surface area contributed by atoms with Gasteiger partial charge in [-0.1, -0.05) is 38.1 Å². The van der Waals surface area contributed by atoms with Crippen LogP contribution in [0.15, 0.2) is 48.5 Å². The van der Waals surface area contributed by atoms with E-state index in [9.17, 15) is 4.79 Å². The Morgan fingerprint density at radius 3 is 2.57 bits per heavy atom. The number of likely N-dealkylation sites (tertiary alicyclic amines) is 1. The number of unbranched alkanes of at least 4 members (excludes halogenated alkanes) is 1. The first kappa shape index (κ1) is 20.5. The van der Waals surface area contributed by atoms with Crippen molar-refractivity contribution in [2.45, 2.75) is 51.5 Å². The zero-order valence-corrected chi connectivity index (χ0v) is 18.2. The van der Waals surface area contributed by atoms with Gasteiger partial charge >= 0.3 is 0 Å². The van der Waals surface area contributed by atoms with E-state index in [0.717, 1.165) is 48.5 Å². The molecule has 1 amide bonds. The molecule has 2 heterocycles. The highest BCUT2D eigenvalue weighted by molar-refractivity contribution is 5.80. The van der Waals surface area contributed by atoms with Crippen LogP contribution in [0.3, 0.4) is 0 Å². The number of benzene rings is 2. The third-order valence-corrected chi connectivity index (χ3v) is 5.98. The van der Waals surface area contributed by atoms with Crippen LogP contribution in [-0.2, 0) is 11.3 Å². The highest BCUT2D eigenvalue weighted by Crippen LogP contribution is 2.30. The number of carbonyl (C=O) groups is 1. The number of amides is 1. The van der Waals surface area contributed by atoms with Gasteiger partial charge in [-0.3, -0.25) is 4.79 Å². The maximum Gasteiger partial charge on any atom is 0.223 e. The molecule has 2 aromatic carbocycles. The summed E-state index contributed by atoms with van der Waals surface area (Å²) in [5.74, 6) is 2.88. The Kier molecular flexibility index (Phi) is 6.07. The number of aromatic nitrogens is 2. The number of rotatable bonds is 8. The zero-order valence-electron chi connectivity index (χ0n) is 18.2. The summed E-state index contributed by atoms with van der Waals surface area (Å²) in [6, 6.07) is 16.7. The van der Waals surface area contributed by atoms with E-state index in [4.69, 9.17) is 9.72 Å². The minimum atomic E-state index is 0.172. The van der Waals surface area contributed by atoms with Crippen molar-refractivity contribution in [3.05, 3.63) is 59.9 Å². The minimum absolute atomic E-state index is 0.172. The van der Waals surface area contributed by atoms with E-state index in [1.54, 1.807) is 0 Å². The fourth-order valence-corrected chi connectivity index (χ4v) is 4.19. The van der Waals surface area contributed by atoms with Crippen molar-refractivity contribution in [2.75, 3.05) is 20.2 Å². The summed E-state index contributed by atoms with van der Waals surface area (Å²) in [6.45, 7) is 6.73. The fraction of sp³-hybridized carbons (Fsp3) is 0.440. The number of ether oxygens (including phenoxy) is 1. The van der Waals surface area contributed by atoms with Gasteiger partial charge in [0.25, 0.3) is 0 Å². The summed E-state index contributed by atoms with van der Waals surface area (Å²) in [6.07, 6.45) is 2.53. The molecular weight excluding hydrogens is 374 g/mol. The molecule has 0 bridgehead atoms. The maximum absolute atomic E-state index is 12.0. The predicted octanol–water partition coefficient (Wildman–Crippen LogP) is 4.96. The number of para-hydroxylation sites is 2. The van der Waals surface area contributed by atoms with Gasteiger partial charge in [0, 0.05) is 32.5 Å². The van der Waals surface area contributed by atoms with Crippen molar-refractivity contribution in [2.24, 2.45) is 0 Å². The lowest BCUT2D eigenvalue weighted by molar-refractivity contribution is -0.126. The second kappa shape index (κ2) is 8.90. The molecule has 1 fully saturated rings. The quantitative estimate of drug-likeness (QED) is 0.498. The van der Waals surface area contributed by atoms with E-state index in [0.29, 0.717) is 18.9 Å². The lowest BCUT2D eigenvalue weighted by Crippen LogP contribution is -2.19. The molecule has 0 saturated carbocycles. The van der Waals surface area contributed by atoms with Crippen molar-refractivity contribution >= 4 is 16.9 Å². The average Bonchev–Trinajstić information content (AvgIpc) is 3.28. The van der Waals surface area contributed by atoms with Gasteiger partial charge in [0.05, 0.1) is 17.6 Å². The molecule has 1 saturated heterocycles. The highest BCUT2D eigenvalue weighted by atomic mass is 16.5. The first-order valence-corrected chi connectivity index (χ1v) is 10.9. The largest absolute Gasteiger partial charge is 0.494 e. The molecule has 5 nitrogen and oxygen atoms in total. The van der Waals surface area contributed by atoms with Crippen LogP contribution < -0.4 is 4.74 Å². The highest BCUT2D eigenvalue weighted by Gasteiger charge is 2.31. The zero-order chi connectivity index (χ0) is 21.1. The van der Waals surface area contributed by atoms with E-state index in [-0.39, 0.29) is 11.8 Å². The summed E-state index contributed by atoms with van der Waals surface area (Å²) in [7, 11) is 1.88. The van der Waals surface area contributed by atoms with Crippen LogP contribution >= 0.6 is 0 Å². The molecule has 0 aliphatic carbocycles. The first-order valence-electron chi connectivity index (χ1n) is 10.9. The number of aryl methyl sites for hydroxylation is 1. The van der Waals surface area contributed by atoms with Crippen LogP contribution in [0.2, 0.25) is 0 Å². The Labute approximate surface area is 178 Å². The maximum atomic E-state index is 12.0. The molecule has 1 unspecified atom stereocenters. The monoisotopic (exact) mass is 405 g/mol.